The van der Waals surface area contributed by atoms with E-state index in [1.807, 2.05) is 0 Å². The van der Waals surface area contributed by atoms with Crippen LogP contribution in [0.2, 0.25) is 0 Å². The Balaban J connectivity index is 2.11. The summed E-state index contributed by atoms with van der Waals surface area (Å²) in [6.07, 6.45) is 0. The Kier molecular flexibility index (Phi) is 7.47. The third kappa shape index (κ3) is 6.45. The molecule has 200 valence electrons. The van der Waals surface area contributed by atoms with Crippen LogP contribution in [0.3, 0.4) is 0 Å². The first-order valence-corrected chi connectivity index (χ1v) is 15.3. The molecule has 15 nitrogen and oxygen atoms in total. The van der Waals surface area contributed by atoms with Crippen LogP contribution in [0.15, 0.2) is 67.4 Å². The van der Waals surface area contributed by atoms with Gasteiger partial charge in [0.2, 0.25) is 9.84 Å². The van der Waals surface area contributed by atoms with Crippen molar-refractivity contribution in [3.63, 3.8) is 0 Å². The highest BCUT2D eigenvalue weighted by molar-refractivity contribution is 7.92. The molecule has 0 aromatic heterocycles. The van der Waals surface area contributed by atoms with Crippen LogP contribution in [0.1, 0.15) is 5.56 Å². The number of aryl methyl sites for hydroxylation is 1. The van der Waals surface area contributed by atoms with Crippen molar-refractivity contribution >= 4 is 62.6 Å². The van der Waals surface area contributed by atoms with Gasteiger partial charge in [0.15, 0.2) is 11.7 Å². The third-order valence-electron chi connectivity index (χ3n) is 4.73. The number of fused-ring (bicyclic) bond motifs is 1. The van der Waals surface area contributed by atoms with Gasteiger partial charge in [-0.3, -0.25) is 13.7 Å². The zero-order valence-electron chi connectivity index (χ0n) is 18.2. The number of rotatable bonds is 8. The molecule has 0 heterocycles. The highest BCUT2D eigenvalue weighted by Crippen LogP contribution is 2.43. The fourth-order valence-corrected chi connectivity index (χ4v) is 6.41. The van der Waals surface area contributed by atoms with Gasteiger partial charge < -0.3 is 5.11 Å². The number of hydrogen-bond acceptors (Lipinski definition) is 12. The van der Waals surface area contributed by atoms with Gasteiger partial charge in [-0.2, -0.15) is 30.4 Å². The van der Waals surface area contributed by atoms with E-state index in [1.165, 1.54) is 19.1 Å². The second-order valence-corrected chi connectivity index (χ2v) is 13.1. The number of sulfone groups is 1. The Labute approximate surface area is 210 Å². The first-order chi connectivity index (χ1) is 16.8. The Bertz CT molecular complexity index is 1860. The third-order valence-corrected chi connectivity index (χ3v) is 8.64. The summed E-state index contributed by atoms with van der Waals surface area (Å²) in [6, 6.07) is 7.17. The predicted octanol–water partition coefficient (Wildman–Crippen LogP) is 2.31. The lowest BCUT2D eigenvalue weighted by Crippen LogP contribution is -2.14. The fraction of sp³-hybridized carbons (Fsp3) is 0.111. The van der Waals surface area contributed by atoms with Crippen molar-refractivity contribution < 1.29 is 56.6 Å². The van der Waals surface area contributed by atoms with Crippen molar-refractivity contribution in [1.82, 2.24) is 0 Å². The summed E-state index contributed by atoms with van der Waals surface area (Å²) in [4.78, 5) is -2.18. The summed E-state index contributed by atoms with van der Waals surface area (Å²) >= 11 is 0. The fourth-order valence-electron chi connectivity index (χ4n) is 3.16. The van der Waals surface area contributed by atoms with Crippen LogP contribution in [0.5, 0.6) is 5.75 Å². The van der Waals surface area contributed by atoms with Crippen molar-refractivity contribution in [2.45, 2.75) is 21.6 Å². The monoisotopic (exact) mass is 596 g/mol. The van der Waals surface area contributed by atoms with Crippen LogP contribution in [0, 0.1) is 6.92 Å². The van der Waals surface area contributed by atoms with Crippen molar-refractivity contribution in [2.24, 2.45) is 10.2 Å². The lowest BCUT2D eigenvalue weighted by Gasteiger charge is -2.12. The molecule has 0 fully saturated rings. The quantitative estimate of drug-likeness (QED) is 0.215. The molecule has 0 spiro atoms. The highest BCUT2D eigenvalue weighted by Gasteiger charge is 2.26. The van der Waals surface area contributed by atoms with Gasteiger partial charge in [0.05, 0.1) is 10.6 Å². The predicted molar refractivity (Wildman–Crippen MR) is 125 cm³/mol. The molecule has 0 aliphatic carbocycles. The molecule has 0 amide bonds. The van der Waals surface area contributed by atoms with Crippen LogP contribution < -0.4 is 0 Å². The van der Waals surface area contributed by atoms with E-state index in [-0.39, 0.29) is 16.6 Å². The van der Waals surface area contributed by atoms with Crippen molar-refractivity contribution in [3.8, 4) is 5.75 Å². The Morgan fingerprint density at radius 2 is 1.38 bits per heavy atom. The van der Waals surface area contributed by atoms with Gasteiger partial charge in [-0.25, -0.2) is 12.6 Å². The summed E-state index contributed by atoms with van der Waals surface area (Å²) < 4.78 is 125. The van der Waals surface area contributed by atoms with E-state index in [0.717, 1.165) is 24.3 Å². The van der Waals surface area contributed by atoms with E-state index in [9.17, 15) is 47.9 Å². The SMILES string of the molecule is Cc1ccc2c(O)c(N=Nc3ccc(S(=O)(=O)COS(=O)(=O)O)cc3)c(S(=O)(=O)O)cc2c1S(=O)(=O)O. The zero-order valence-corrected chi connectivity index (χ0v) is 21.5. The normalized spacial score (nSPS) is 13.4. The van der Waals surface area contributed by atoms with Gasteiger partial charge in [0.1, 0.15) is 15.5 Å². The molecule has 37 heavy (non-hydrogen) atoms. The lowest BCUT2D eigenvalue weighted by atomic mass is 10.1. The zero-order chi connectivity index (χ0) is 28.0. The first kappa shape index (κ1) is 28.5. The minimum atomic E-state index is -5.12. The van der Waals surface area contributed by atoms with E-state index < -0.39 is 77.9 Å². The molecule has 0 saturated carbocycles. The molecule has 19 heteroatoms. The molecule has 0 aliphatic heterocycles. The largest absolute Gasteiger partial charge is 0.505 e. The molecule has 0 radical (unpaired) electrons. The Hall–Kier alpha value is -3.04. The highest BCUT2D eigenvalue weighted by atomic mass is 32.3. The van der Waals surface area contributed by atoms with Gasteiger partial charge in [-0.05, 0) is 42.8 Å². The van der Waals surface area contributed by atoms with Gasteiger partial charge >= 0.3 is 10.4 Å². The number of phenols is 1. The maximum Gasteiger partial charge on any atom is 0.398 e. The Morgan fingerprint density at radius 1 is 0.784 bits per heavy atom. The number of azo groups is 1. The van der Waals surface area contributed by atoms with Gasteiger partial charge in [0, 0.05) is 10.8 Å². The van der Waals surface area contributed by atoms with Gasteiger partial charge in [-0.1, -0.05) is 12.1 Å². The van der Waals surface area contributed by atoms with Crippen molar-refractivity contribution in [3.05, 3.63) is 48.0 Å². The van der Waals surface area contributed by atoms with Crippen LogP contribution >= 0.6 is 0 Å². The van der Waals surface area contributed by atoms with E-state index >= 15 is 0 Å². The van der Waals surface area contributed by atoms with E-state index in [2.05, 4.69) is 14.4 Å². The second-order valence-electron chi connectivity index (χ2n) is 7.30. The lowest BCUT2D eigenvalue weighted by molar-refractivity contribution is 0.306. The van der Waals surface area contributed by atoms with Crippen LogP contribution in [0.25, 0.3) is 10.8 Å². The second kappa shape index (κ2) is 9.68. The standard InChI is InChI=1S/C18H16N2O13S4/c1-10-2-7-13-14(18(10)36(27,28)29)8-15(35(24,25)26)16(17(13)21)20-19-11-3-5-12(6-4-11)34(22,23)9-33-37(30,31)32/h2-8,21H,9H2,1H3,(H,24,25,26)(H,27,28,29)(H,30,31,32). The number of hydrogen-bond donors (Lipinski definition) is 4. The number of phenolic OH excluding ortho intramolecular Hbond substituents is 1. The summed E-state index contributed by atoms with van der Waals surface area (Å²) in [5, 5.41) is 17.3. The van der Waals surface area contributed by atoms with Crippen molar-refractivity contribution in [2.75, 3.05) is 5.94 Å². The molecule has 3 aromatic rings. The maximum atomic E-state index is 12.1. The minimum Gasteiger partial charge on any atom is -0.505 e. The minimum absolute atomic E-state index is 0.0158. The first-order valence-electron chi connectivity index (χ1n) is 9.42. The molecule has 0 unspecified atom stereocenters. The molecule has 0 atom stereocenters. The van der Waals surface area contributed by atoms with Crippen molar-refractivity contribution in [1.29, 1.82) is 0 Å². The molecule has 0 bridgehead atoms. The molecule has 3 rings (SSSR count). The molecule has 0 aliphatic rings. The van der Waals surface area contributed by atoms with E-state index in [4.69, 9.17) is 4.55 Å². The Morgan fingerprint density at radius 3 is 1.89 bits per heavy atom. The van der Waals surface area contributed by atoms with Crippen LogP contribution in [-0.4, -0.2) is 58.4 Å². The maximum absolute atomic E-state index is 12.1. The summed E-state index contributed by atoms with van der Waals surface area (Å²) in [5.74, 6) is -2.29. The van der Waals surface area contributed by atoms with Crippen LogP contribution in [-0.2, 0) is 44.7 Å². The molecule has 4 N–H and O–H groups in total. The van der Waals surface area contributed by atoms with Crippen LogP contribution in [0.4, 0.5) is 11.4 Å². The summed E-state index contributed by atoms with van der Waals surface area (Å²) in [7, 11) is -19.3. The molecular formula is C18H16N2O13S4. The summed E-state index contributed by atoms with van der Waals surface area (Å²) in [6.45, 7) is 1.30. The number of nitrogens with zero attached hydrogens (tertiary/aromatic N) is 2. The molecule has 3 aromatic carbocycles. The average molecular weight is 597 g/mol. The van der Waals surface area contributed by atoms with E-state index in [0.29, 0.717) is 6.07 Å². The van der Waals surface area contributed by atoms with Gasteiger partial charge in [0.25, 0.3) is 20.2 Å². The van der Waals surface area contributed by atoms with Gasteiger partial charge in [-0.15, -0.1) is 5.11 Å². The topological polar surface area (TPSA) is 251 Å². The number of benzene rings is 3. The van der Waals surface area contributed by atoms with E-state index in [1.54, 1.807) is 0 Å². The molecule has 0 saturated heterocycles. The average Bonchev–Trinajstić information content (AvgIpc) is 2.75. The summed E-state index contributed by atoms with van der Waals surface area (Å²) in [5.41, 5.74) is -0.876. The number of aromatic hydroxyl groups is 1. The smallest absolute Gasteiger partial charge is 0.398 e. The molecular weight excluding hydrogens is 580 g/mol.